The van der Waals surface area contributed by atoms with Crippen LogP contribution in [0.1, 0.15) is 12.6 Å². The first-order chi connectivity index (χ1) is 8.75. The fraction of sp³-hybridized carbons (Fsp3) is 0.0909. The Balaban J connectivity index is 1.92. The normalized spacial score (nSPS) is 11.1. The molecule has 0 spiro atoms. The van der Waals surface area contributed by atoms with E-state index in [9.17, 15) is 0 Å². The topological polar surface area (TPSA) is 62.2 Å². The Morgan fingerprint density at radius 3 is 2.89 bits per heavy atom. The number of thiocarbonyl (C=S) groups is 1. The molecular formula is C11H11N5S2. The molecule has 92 valence electrons. The lowest BCUT2D eigenvalue weighted by molar-refractivity contribution is 1.03. The van der Waals surface area contributed by atoms with Gasteiger partial charge in [-0.05, 0) is 31.3 Å². The zero-order valence-electron chi connectivity index (χ0n) is 9.62. The van der Waals surface area contributed by atoms with Crippen LogP contribution in [0.25, 0.3) is 0 Å². The summed E-state index contributed by atoms with van der Waals surface area (Å²) in [7, 11) is 0. The molecule has 2 N–H and O–H groups in total. The van der Waals surface area contributed by atoms with Gasteiger partial charge in [-0.2, -0.15) is 5.10 Å². The minimum Gasteiger partial charge on any atom is -0.307 e. The van der Waals surface area contributed by atoms with Gasteiger partial charge >= 0.3 is 0 Å². The Labute approximate surface area is 114 Å². The quantitative estimate of drug-likeness (QED) is 0.512. The van der Waals surface area contributed by atoms with Crippen molar-refractivity contribution in [1.82, 2.24) is 15.4 Å². The third-order valence-electron chi connectivity index (χ3n) is 2.01. The molecule has 0 bridgehead atoms. The largest absolute Gasteiger partial charge is 0.307 e. The lowest BCUT2D eigenvalue weighted by Gasteiger charge is -2.04. The number of rotatable bonds is 3. The van der Waals surface area contributed by atoms with Gasteiger partial charge in [0.05, 0.1) is 11.4 Å². The highest BCUT2D eigenvalue weighted by atomic mass is 32.1. The molecule has 2 aromatic heterocycles. The van der Waals surface area contributed by atoms with Gasteiger partial charge in [-0.1, -0.05) is 6.07 Å². The van der Waals surface area contributed by atoms with Crippen LogP contribution in [0, 0.1) is 0 Å². The second kappa shape index (κ2) is 6.18. The summed E-state index contributed by atoms with van der Waals surface area (Å²) in [5, 5.41) is 10.1. The van der Waals surface area contributed by atoms with Crippen LogP contribution in [0.15, 0.2) is 41.1 Å². The molecule has 0 aliphatic carbocycles. The van der Waals surface area contributed by atoms with Crippen molar-refractivity contribution in [3.63, 3.8) is 0 Å². The Kier molecular flexibility index (Phi) is 4.32. The number of hydrazone groups is 1. The van der Waals surface area contributed by atoms with E-state index in [1.807, 2.05) is 30.5 Å². The number of nitrogens with zero attached hydrogens (tertiary/aromatic N) is 3. The van der Waals surface area contributed by atoms with Crippen molar-refractivity contribution in [2.45, 2.75) is 6.92 Å². The Morgan fingerprint density at radius 2 is 2.22 bits per heavy atom. The van der Waals surface area contributed by atoms with Crippen molar-refractivity contribution in [1.29, 1.82) is 0 Å². The maximum atomic E-state index is 5.09. The SMILES string of the molecule is C/C(=N\NC(=S)Nc1nccs1)c1ccccn1. The molecule has 0 aliphatic rings. The fourth-order valence-corrected chi connectivity index (χ4v) is 1.92. The first-order valence-corrected chi connectivity index (χ1v) is 6.46. The maximum absolute atomic E-state index is 5.09. The number of pyridine rings is 1. The molecule has 0 aliphatic heterocycles. The molecule has 7 heteroatoms. The van der Waals surface area contributed by atoms with Crippen LogP contribution in [0.4, 0.5) is 5.13 Å². The highest BCUT2D eigenvalue weighted by Gasteiger charge is 2.00. The van der Waals surface area contributed by atoms with Gasteiger partial charge in [-0.15, -0.1) is 11.3 Å². The number of anilines is 1. The molecule has 0 radical (unpaired) electrons. The van der Waals surface area contributed by atoms with Crippen molar-refractivity contribution < 1.29 is 0 Å². The first-order valence-electron chi connectivity index (χ1n) is 5.18. The van der Waals surface area contributed by atoms with E-state index in [1.54, 1.807) is 12.4 Å². The minimum absolute atomic E-state index is 0.403. The lowest BCUT2D eigenvalue weighted by Crippen LogP contribution is -2.25. The van der Waals surface area contributed by atoms with E-state index < -0.39 is 0 Å². The van der Waals surface area contributed by atoms with Gasteiger partial charge in [0.2, 0.25) is 0 Å². The molecule has 0 atom stereocenters. The van der Waals surface area contributed by atoms with Crippen LogP contribution < -0.4 is 10.7 Å². The number of hydrogen-bond acceptors (Lipinski definition) is 5. The molecular weight excluding hydrogens is 266 g/mol. The summed E-state index contributed by atoms with van der Waals surface area (Å²) in [6.07, 6.45) is 3.43. The van der Waals surface area contributed by atoms with Crippen LogP contribution in [-0.2, 0) is 0 Å². The average molecular weight is 277 g/mol. The number of nitrogens with one attached hydrogen (secondary N) is 2. The molecule has 2 heterocycles. The van der Waals surface area contributed by atoms with E-state index in [1.165, 1.54) is 11.3 Å². The molecule has 0 aromatic carbocycles. The van der Waals surface area contributed by atoms with E-state index in [0.29, 0.717) is 5.11 Å². The third kappa shape index (κ3) is 3.57. The molecule has 0 fully saturated rings. The van der Waals surface area contributed by atoms with Gasteiger partial charge in [0.1, 0.15) is 0 Å². The van der Waals surface area contributed by atoms with E-state index in [0.717, 1.165) is 16.5 Å². The second-order valence-corrected chi connectivity index (χ2v) is 4.62. The molecule has 0 saturated carbocycles. The lowest BCUT2D eigenvalue weighted by atomic mass is 10.3. The van der Waals surface area contributed by atoms with Gasteiger partial charge in [-0.25, -0.2) is 4.98 Å². The van der Waals surface area contributed by atoms with E-state index in [4.69, 9.17) is 12.2 Å². The third-order valence-corrected chi connectivity index (χ3v) is 2.90. The average Bonchev–Trinajstić information content (AvgIpc) is 2.90. The van der Waals surface area contributed by atoms with Crippen molar-refractivity contribution in [2.24, 2.45) is 5.10 Å². The summed E-state index contributed by atoms with van der Waals surface area (Å²) in [5.74, 6) is 0. The van der Waals surface area contributed by atoms with Gasteiger partial charge in [0.25, 0.3) is 0 Å². The van der Waals surface area contributed by atoms with Gasteiger partial charge in [0, 0.05) is 17.8 Å². The highest BCUT2D eigenvalue weighted by molar-refractivity contribution is 7.80. The molecule has 5 nitrogen and oxygen atoms in total. The Hall–Kier alpha value is -1.86. The summed E-state index contributed by atoms with van der Waals surface area (Å²) in [5.41, 5.74) is 4.32. The summed E-state index contributed by atoms with van der Waals surface area (Å²) in [4.78, 5) is 8.25. The van der Waals surface area contributed by atoms with Gasteiger partial charge in [-0.3, -0.25) is 10.4 Å². The number of hydrogen-bond donors (Lipinski definition) is 2. The molecule has 2 rings (SSSR count). The number of thiazole rings is 1. The monoisotopic (exact) mass is 277 g/mol. The van der Waals surface area contributed by atoms with E-state index >= 15 is 0 Å². The standard InChI is InChI=1S/C11H11N5S2/c1-8(9-4-2-3-5-12-9)15-16-10(17)14-11-13-6-7-18-11/h2-7H,1H3,(H2,13,14,16,17)/b15-8+. The van der Waals surface area contributed by atoms with Crippen LogP contribution in [0.2, 0.25) is 0 Å². The molecule has 0 saturated heterocycles. The minimum atomic E-state index is 0.403. The van der Waals surface area contributed by atoms with Crippen LogP contribution >= 0.6 is 23.6 Å². The Bertz CT molecular complexity index is 536. The number of aromatic nitrogens is 2. The summed E-state index contributed by atoms with van der Waals surface area (Å²) in [6, 6.07) is 5.66. The molecule has 0 unspecified atom stereocenters. The van der Waals surface area contributed by atoms with Gasteiger partial charge < -0.3 is 5.32 Å². The van der Waals surface area contributed by atoms with Crippen molar-refractivity contribution in [3.8, 4) is 0 Å². The second-order valence-electron chi connectivity index (χ2n) is 3.32. The smallest absolute Gasteiger partial charge is 0.193 e. The van der Waals surface area contributed by atoms with Crippen molar-refractivity contribution in [2.75, 3.05) is 5.32 Å². The van der Waals surface area contributed by atoms with Crippen LogP contribution in [0.5, 0.6) is 0 Å². The predicted octanol–water partition coefficient (Wildman–Crippen LogP) is 2.25. The van der Waals surface area contributed by atoms with Crippen molar-refractivity contribution >= 4 is 39.5 Å². The molecule has 18 heavy (non-hydrogen) atoms. The summed E-state index contributed by atoms with van der Waals surface area (Å²) in [6.45, 7) is 1.86. The van der Waals surface area contributed by atoms with Gasteiger partial charge in [0.15, 0.2) is 10.2 Å². The summed E-state index contributed by atoms with van der Waals surface area (Å²) < 4.78 is 0. The zero-order chi connectivity index (χ0) is 12.8. The van der Waals surface area contributed by atoms with Crippen LogP contribution in [0.3, 0.4) is 0 Å². The first kappa shape index (κ1) is 12.6. The maximum Gasteiger partial charge on any atom is 0.193 e. The molecule has 2 aromatic rings. The van der Waals surface area contributed by atoms with E-state index in [-0.39, 0.29) is 0 Å². The molecule has 0 amide bonds. The zero-order valence-corrected chi connectivity index (χ0v) is 11.3. The fourth-order valence-electron chi connectivity index (χ4n) is 1.18. The van der Waals surface area contributed by atoms with Crippen molar-refractivity contribution in [3.05, 3.63) is 41.7 Å². The highest BCUT2D eigenvalue weighted by Crippen LogP contribution is 2.09. The van der Waals surface area contributed by atoms with Crippen LogP contribution in [-0.4, -0.2) is 20.8 Å². The summed E-state index contributed by atoms with van der Waals surface area (Å²) >= 11 is 6.56. The predicted molar refractivity (Wildman–Crippen MR) is 77.9 cm³/mol. The Morgan fingerprint density at radius 1 is 1.33 bits per heavy atom. The van der Waals surface area contributed by atoms with E-state index in [2.05, 4.69) is 25.8 Å².